The number of rotatable bonds is 6. The van der Waals surface area contributed by atoms with Crippen LogP contribution in [-0.4, -0.2) is 66.8 Å². The van der Waals surface area contributed by atoms with Gasteiger partial charge in [-0.15, -0.1) is 0 Å². The molecule has 1 aliphatic heterocycles. The predicted octanol–water partition coefficient (Wildman–Crippen LogP) is 1.63. The Kier molecular flexibility index (Phi) is 6.49. The molecular weight excluding hydrogens is 304 g/mol. The second-order valence-electron chi connectivity index (χ2n) is 5.65. The van der Waals surface area contributed by atoms with Crippen molar-refractivity contribution >= 4 is 17.5 Å². The van der Waals surface area contributed by atoms with Crippen molar-refractivity contribution in [1.29, 1.82) is 0 Å². The van der Waals surface area contributed by atoms with Crippen molar-refractivity contribution < 1.29 is 14.6 Å². The zero-order valence-corrected chi connectivity index (χ0v) is 13.6. The lowest BCUT2D eigenvalue weighted by Gasteiger charge is -2.31. The zero-order chi connectivity index (χ0) is 15.9. The largest absolute Gasteiger partial charge is 0.492 e. The van der Waals surface area contributed by atoms with Gasteiger partial charge in [0.15, 0.2) is 0 Å². The molecule has 0 atom stereocenters. The summed E-state index contributed by atoms with van der Waals surface area (Å²) in [5, 5.41) is 10.1. The number of aliphatic hydroxyl groups excluding tert-OH is 1. The molecule has 1 aliphatic rings. The molecule has 22 heavy (non-hydrogen) atoms. The Balaban J connectivity index is 1.65. The Morgan fingerprint density at radius 1 is 1.36 bits per heavy atom. The molecule has 1 aromatic rings. The molecule has 0 radical (unpaired) electrons. The van der Waals surface area contributed by atoms with Crippen LogP contribution in [0.15, 0.2) is 24.3 Å². The summed E-state index contributed by atoms with van der Waals surface area (Å²) >= 11 is 5.81. The van der Waals surface area contributed by atoms with Crippen molar-refractivity contribution in [1.82, 2.24) is 9.80 Å². The fourth-order valence-corrected chi connectivity index (χ4v) is 2.50. The minimum absolute atomic E-state index is 0.112. The van der Waals surface area contributed by atoms with E-state index in [9.17, 15) is 9.90 Å². The van der Waals surface area contributed by atoms with E-state index in [4.69, 9.17) is 16.3 Å². The highest BCUT2D eigenvalue weighted by molar-refractivity contribution is 6.30. The van der Waals surface area contributed by atoms with Crippen molar-refractivity contribution in [3.05, 3.63) is 29.3 Å². The van der Waals surface area contributed by atoms with Crippen molar-refractivity contribution in [3.63, 3.8) is 0 Å². The third-order valence-electron chi connectivity index (χ3n) is 3.78. The predicted molar refractivity (Wildman–Crippen MR) is 86.3 cm³/mol. The molecule has 0 saturated carbocycles. The number of aliphatic hydroxyl groups is 1. The Morgan fingerprint density at radius 2 is 2.00 bits per heavy atom. The maximum Gasteiger partial charge on any atom is 0.236 e. The topological polar surface area (TPSA) is 53.0 Å². The van der Waals surface area contributed by atoms with E-state index < -0.39 is 0 Å². The summed E-state index contributed by atoms with van der Waals surface area (Å²) in [6, 6.07) is 7.23. The van der Waals surface area contributed by atoms with Crippen LogP contribution in [0.1, 0.15) is 12.8 Å². The Morgan fingerprint density at radius 3 is 2.64 bits per heavy atom. The fourth-order valence-electron chi connectivity index (χ4n) is 2.38. The van der Waals surface area contributed by atoms with Crippen molar-refractivity contribution in [2.75, 3.05) is 39.8 Å². The second kappa shape index (κ2) is 8.36. The maximum atomic E-state index is 12.1. The molecule has 1 saturated heterocycles. The van der Waals surface area contributed by atoms with Crippen LogP contribution in [0.3, 0.4) is 0 Å². The first-order valence-corrected chi connectivity index (χ1v) is 7.95. The van der Waals surface area contributed by atoms with Crippen LogP contribution in [0.5, 0.6) is 5.75 Å². The van der Waals surface area contributed by atoms with E-state index >= 15 is 0 Å². The molecule has 0 spiro atoms. The fraction of sp³-hybridized carbons (Fsp3) is 0.562. The molecular formula is C16H23ClN2O3. The Bertz CT molecular complexity index is 473. The highest BCUT2D eigenvalue weighted by atomic mass is 35.5. The number of piperidine rings is 1. The van der Waals surface area contributed by atoms with Gasteiger partial charge in [-0.3, -0.25) is 9.69 Å². The first-order chi connectivity index (χ1) is 10.5. The molecule has 1 aromatic carbocycles. The van der Waals surface area contributed by atoms with Gasteiger partial charge in [0.05, 0.1) is 12.6 Å². The van der Waals surface area contributed by atoms with E-state index in [2.05, 4.69) is 0 Å². The molecule has 6 heteroatoms. The summed E-state index contributed by atoms with van der Waals surface area (Å²) in [5.41, 5.74) is 0. The summed E-state index contributed by atoms with van der Waals surface area (Å²) in [4.78, 5) is 15.9. The zero-order valence-electron chi connectivity index (χ0n) is 12.9. The van der Waals surface area contributed by atoms with Gasteiger partial charge in [0.2, 0.25) is 5.91 Å². The summed E-state index contributed by atoms with van der Waals surface area (Å²) in [7, 11) is 1.90. The number of nitrogens with zero attached hydrogens (tertiary/aromatic N) is 2. The lowest BCUT2D eigenvalue weighted by atomic mass is 10.1. The number of carbonyl (C=O) groups is 1. The molecule has 122 valence electrons. The monoisotopic (exact) mass is 326 g/mol. The van der Waals surface area contributed by atoms with Gasteiger partial charge in [-0.1, -0.05) is 11.6 Å². The quantitative estimate of drug-likeness (QED) is 0.863. The SMILES string of the molecule is CN(CCOc1ccc(Cl)cc1)CC(=O)N1CCC(O)CC1. The van der Waals surface area contributed by atoms with Crippen LogP contribution in [0, 0.1) is 0 Å². The lowest BCUT2D eigenvalue weighted by Crippen LogP contribution is -2.44. The number of benzene rings is 1. The smallest absolute Gasteiger partial charge is 0.236 e. The van der Waals surface area contributed by atoms with E-state index in [1.54, 1.807) is 12.1 Å². The number of hydrogen-bond acceptors (Lipinski definition) is 4. The summed E-state index contributed by atoms with van der Waals surface area (Å²) in [5.74, 6) is 0.884. The third kappa shape index (κ3) is 5.48. The van der Waals surface area contributed by atoms with E-state index in [1.807, 2.05) is 29.0 Å². The number of amides is 1. The second-order valence-corrected chi connectivity index (χ2v) is 6.09. The molecule has 5 nitrogen and oxygen atoms in total. The number of hydrogen-bond donors (Lipinski definition) is 1. The third-order valence-corrected chi connectivity index (χ3v) is 4.03. The van der Waals surface area contributed by atoms with E-state index in [-0.39, 0.29) is 12.0 Å². The number of halogens is 1. The molecule has 1 amide bonds. The van der Waals surface area contributed by atoms with Gasteiger partial charge < -0.3 is 14.7 Å². The minimum atomic E-state index is -0.255. The van der Waals surface area contributed by atoms with Crippen molar-refractivity contribution in [2.45, 2.75) is 18.9 Å². The molecule has 0 bridgehead atoms. The van der Waals surface area contributed by atoms with Crippen LogP contribution in [-0.2, 0) is 4.79 Å². The van der Waals surface area contributed by atoms with Crippen LogP contribution in [0.2, 0.25) is 5.02 Å². The molecule has 1 fully saturated rings. The Labute approximate surface area is 136 Å². The van der Waals surface area contributed by atoms with E-state index in [0.29, 0.717) is 50.7 Å². The highest BCUT2D eigenvalue weighted by Gasteiger charge is 2.21. The van der Waals surface area contributed by atoms with Gasteiger partial charge in [-0.2, -0.15) is 0 Å². The van der Waals surface area contributed by atoms with Gasteiger partial charge in [0.1, 0.15) is 12.4 Å². The normalized spacial score (nSPS) is 16.1. The minimum Gasteiger partial charge on any atom is -0.492 e. The molecule has 0 unspecified atom stereocenters. The van der Waals surface area contributed by atoms with E-state index in [1.165, 1.54) is 0 Å². The van der Waals surface area contributed by atoms with Crippen LogP contribution in [0.25, 0.3) is 0 Å². The van der Waals surface area contributed by atoms with Crippen molar-refractivity contribution in [2.24, 2.45) is 0 Å². The summed E-state index contributed by atoms with van der Waals surface area (Å²) in [6.07, 6.45) is 1.10. The summed E-state index contributed by atoms with van der Waals surface area (Å²) < 4.78 is 5.61. The standard InChI is InChI=1S/C16H23ClN2O3/c1-18(10-11-22-15-4-2-13(17)3-5-15)12-16(21)19-8-6-14(20)7-9-19/h2-5,14,20H,6-12H2,1H3. The van der Waals surface area contributed by atoms with Crippen molar-refractivity contribution in [3.8, 4) is 5.75 Å². The Hall–Kier alpha value is -1.30. The lowest BCUT2D eigenvalue weighted by molar-refractivity contribution is -0.134. The average Bonchev–Trinajstić information content (AvgIpc) is 2.50. The molecule has 0 aliphatic carbocycles. The number of likely N-dealkylation sites (N-methyl/N-ethyl adjacent to an activating group) is 1. The van der Waals surface area contributed by atoms with Crippen LogP contribution >= 0.6 is 11.6 Å². The first kappa shape index (κ1) is 17.1. The average molecular weight is 327 g/mol. The number of likely N-dealkylation sites (tertiary alicyclic amines) is 1. The molecule has 0 aromatic heterocycles. The number of ether oxygens (including phenoxy) is 1. The number of carbonyl (C=O) groups excluding carboxylic acids is 1. The van der Waals surface area contributed by atoms with Gasteiger partial charge >= 0.3 is 0 Å². The summed E-state index contributed by atoms with van der Waals surface area (Å²) in [6.45, 7) is 2.86. The molecule has 1 N–H and O–H groups in total. The van der Waals surface area contributed by atoms with Crippen LogP contribution in [0.4, 0.5) is 0 Å². The van der Waals surface area contributed by atoms with Crippen LogP contribution < -0.4 is 4.74 Å². The first-order valence-electron chi connectivity index (χ1n) is 7.57. The maximum absolute atomic E-state index is 12.1. The van der Waals surface area contributed by atoms with Gasteiger partial charge in [-0.05, 0) is 44.2 Å². The molecule has 1 heterocycles. The van der Waals surface area contributed by atoms with Gasteiger partial charge in [0, 0.05) is 24.7 Å². The highest BCUT2D eigenvalue weighted by Crippen LogP contribution is 2.15. The van der Waals surface area contributed by atoms with Gasteiger partial charge in [0.25, 0.3) is 0 Å². The van der Waals surface area contributed by atoms with Gasteiger partial charge in [-0.25, -0.2) is 0 Å². The van der Waals surface area contributed by atoms with E-state index in [0.717, 1.165) is 5.75 Å². The molecule has 2 rings (SSSR count).